The quantitative estimate of drug-likeness (QED) is 0.611. The largest absolute Gasteiger partial charge is 0.494 e. The molecule has 0 spiro atoms. The van der Waals surface area contributed by atoms with Crippen molar-refractivity contribution in [3.63, 3.8) is 0 Å². The van der Waals surface area contributed by atoms with Crippen LogP contribution in [-0.4, -0.2) is 25.0 Å². The first-order valence-corrected chi connectivity index (χ1v) is 9.67. The number of amides is 2. The van der Waals surface area contributed by atoms with E-state index in [-0.39, 0.29) is 18.4 Å². The molecule has 0 aliphatic heterocycles. The van der Waals surface area contributed by atoms with E-state index in [0.29, 0.717) is 19.4 Å². The summed E-state index contributed by atoms with van der Waals surface area (Å²) in [5.41, 5.74) is 3.98. The summed E-state index contributed by atoms with van der Waals surface area (Å²) in [4.78, 5) is 24.0. The van der Waals surface area contributed by atoms with Crippen LogP contribution in [0.15, 0.2) is 40.9 Å². The van der Waals surface area contributed by atoms with Gasteiger partial charge in [-0.25, -0.2) is 0 Å². The molecule has 0 bridgehead atoms. The van der Waals surface area contributed by atoms with Gasteiger partial charge in [-0.2, -0.15) is 0 Å². The first-order valence-electron chi connectivity index (χ1n) is 8.88. The molecule has 2 aromatic carbocycles. The van der Waals surface area contributed by atoms with Crippen molar-refractivity contribution >= 4 is 33.4 Å². The number of benzene rings is 2. The van der Waals surface area contributed by atoms with Crippen molar-refractivity contribution in [1.29, 1.82) is 0 Å². The second kappa shape index (κ2) is 10.1. The molecule has 144 valence electrons. The van der Waals surface area contributed by atoms with Gasteiger partial charge in [-0.05, 0) is 56.5 Å². The fraction of sp³-hybridized carbons (Fsp3) is 0.333. The SMILES string of the molecule is Cc1cc(C)c(NC(=O)CNC(=O)CCCOc2cccc(Br)c2)c(C)c1. The normalized spacial score (nSPS) is 10.4. The predicted octanol–water partition coefficient (Wildman–Crippen LogP) is 4.29. The molecule has 2 amide bonds. The highest BCUT2D eigenvalue weighted by atomic mass is 79.9. The number of nitrogens with one attached hydrogen (secondary N) is 2. The highest BCUT2D eigenvalue weighted by Crippen LogP contribution is 2.21. The van der Waals surface area contributed by atoms with E-state index in [1.54, 1.807) is 0 Å². The number of anilines is 1. The highest BCUT2D eigenvalue weighted by Gasteiger charge is 2.10. The van der Waals surface area contributed by atoms with Gasteiger partial charge in [0.15, 0.2) is 0 Å². The van der Waals surface area contributed by atoms with Crippen LogP contribution in [0.2, 0.25) is 0 Å². The smallest absolute Gasteiger partial charge is 0.243 e. The maximum atomic E-state index is 12.1. The van der Waals surface area contributed by atoms with Gasteiger partial charge in [-0.3, -0.25) is 9.59 Å². The Bertz CT molecular complexity index is 798. The Labute approximate surface area is 168 Å². The molecule has 0 aromatic heterocycles. The summed E-state index contributed by atoms with van der Waals surface area (Å²) < 4.78 is 6.54. The van der Waals surface area contributed by atoms with Crippen LogP contribution in [0.3, 0.4) is 0 Å². The fourth-order valence-corrected chi connectivity index (χ4v) is 3.19. The molecule has 0 heterocycles. The third-order valence-corrected chi connectivity index (χ3v) is 4.49. The van der Waals surface area contributed by atoms with Crippen LogP contribution in [0.1, 0.15) is 29.5 Å². The number of hydrogen-bond donors (Lipinski definition) is 2. The molecule has 0 saturated carbocycles. The summed E-state index contributed by atoms with van der Waals surface area (Å²) in [6, 6.07) is 11.6. The first kappa shape index (κ1) is 21.0. The molecule has 0 saturated heterocycles. The van der Waals surface area contributed by atoms with Crippen LogP contribution in [0.25, 0.3) is 0 Å². The summed E-state index contributed by atoms with van der Waals surface area (Å²) in [6.45, 7) is 6.33. The van der Waals surface area contributed by atoms with Gasteiger partial charge in [0.1, 0.15) is 5.75 Å². The van der Waals surface area contributed by atoms with E-state index in [0.717, 1.165) is 32.6 Å². The van der Waals surface area contributed by atoms with Crippen molar-refractivity contribution in [2.45, 2.75) is 33.6 Å². The van der Waals surface area contributed by atoms with Gasteiger partial charge < -0.3 is 15.4 Å². The average molecular weight is 433 g/mol. The molecule has 0 radical (unpaired) electrons. The van der Waals surface area contributed by atoms with Gasteiger partial charge in [0, 0.05) is 16.6 Å². The van der Waals surface area contributed by atoms with Crippen LogP contribution in [0.4, 0.5) is 5.69 Å². The first-order chi connectivity index (χ1) is 12.8. The third-order valence-electron chi connectivity index (χ3n) is 4.00. The zero-order valence-corrected chi connectivity index (χ0v) is 17.5. The van der Waals surface area contributed by atoms with Crippen molar-refractivity contribution in [3.05, 3.63) is 57.6 Å². The van der Waals surface area contributed by atoms with Crippen LogP contribution in [0.5, 0.6) is 5.75 Å². The van der Waals surface area contributed by atoms with Crippen molar-refractivity contribution in [2.75, 3.05) is 18.5 Å². The molecule has 6 heteroatoms. The number of halogens is 1. The Morgan fingerprint density at radius 1 is 1.04 bits per heavy atom. The van der Waals surface area contributed by atoms with Crippen molar-refractivity contribution in [1.82, 2.24) is 5.32 Å². The number of aryl methyl sites for hydroxylation is 3. The molecule has 2 aromatic rings. The minimum Gasteiger partial charge on any atom is -0.494 e. The molecule has 0 aliphatic carbocycles. The molecule has 0 aliphatic rings. The zero-order valence-electron chi connectivity index (χ0n) is 15.9. The summed E-state index contributed by atoms with van der Waals surface area (Å²) in [6.07, 6.45) is 0.889. The standard InChI is InChI=1S/C21H25BrN2O3/c1-14-10-15(2)21(16(3)11-14)24-20(26)13-23-19(25)8-5-9-27-18-7-4-6-17(22)12-18/h4,6-7,10-12H,5,8-9,13H2,1-3H3,(H,23,25)(H,24,26). The molecular weight excluding hydrogens is 408 g/mol. The van der Waals surface area contributed by atoms with Gasteiger partial charge >= 0.3 is 0 Å². The van der Waals surface area contributed by atoms with Crippen LogP contribution >= 0.6 is 15.9 Å². The Morgan fingerprint density at radius 3 is 2.41 bits per heavy atom. The molecule has 0 unspecified atom stereocenters. The Morgan fingerprint density at radius 2 is 1.74 bits per heavy atom. The topological polar surface area (TPSA) is 67.4 Å². The molecule has 27 heavy (non-hydrogen) atoms. The van der Waals surface area contributed by atoms with Gasteiger partial charge in [0.05, 0.1) is 13.2 Å². The minimum absolute atomic E-state index is 0.0436. The molecule has 2 N–H and O–H groups in total. The molecule has 0 atom stereocenters. The fourth-order valence-electron chi connectivity index (χ4n) is 2.81. The van der Waals surface area contributed by atoms with Crippen LogP contribution < -0.4 is 15.4 Å². The lowest BCUT2D eigenvalue weighted by Gasteiger charge is -2.13. The zero-order chi connectivity index (χ0) is 19.8. The number of ether oxygens (including phenoxy) is 1. The van der Waals surface area contributed by atoms with E-state index in [4.69, 9.17) is 4.74 Å². The third kappa shape index (κ3) is 7.06. The highest BCUT2D eigenvalue weighted by molar-refractivity contribution is 9.10. The van der Waals surface area contributed by atoms with Gasteiger partial charge in [-0.15, -0.1) is 0 Å². The number of rotatable bonds is 8. The van der Waals surface area contributed by atoms with Gasteiger partial charge in [0.2, 0.25) is 11.8 Å². The van der Waals surface area contributed by atoms with Crippen molar-refractivity contribution in [2.24, 2.45) is 0 Å². The second-order valence-electron chi connectivity index (χ2n) is 6.51. The summed E-state index contributed by atoms with van der Waals surface area (Å²) >= 11 is 3.38. The number of carbonyl (C=O) groups excluding carboxylic acids is 2. The minimum atomic E-state index is -0.233. The van der Waals surface area contributed by atoms with E-state index in [1.807, 2.05) is 57.2 Å². The molecular formula is C21H25BrN2O3. The van der Waals surface area contributed by atoms with Crippen LogP contribution in [-0.2, 0) is 9.59 Å². The number of hydrogen-bond acceptors (Lipinski definition) is 3. The second-order valence-corrected chi connectivity index (χ2v) is 7.42. The van der Waals surface area contributed by atoms with Crippen molar-refractivity contribution in [3.8, 4) is 5.75 Å². The summed E-state index contributed by atoms with van der Waals surface area (Å²) in [7, 11) is 0. The van der Waals surface area contributed by atoms with E-state index in [2.05, 4.69) is 26.6 Å². The molecule has 0 fully saturated rings. The van der Waals surface area contributed by atoms with E-state index >= 15 is 0 Å². The Kier molecular flexibility index (Phi) is 7.85. The monoisotopic (exact) mass is 432 g/mol. The molecule has 2 rings (SSSR count). The lowest BCUT2D eigenvalue weighted by atomic mass is 10.1. The summed E-state index contributed by atoms with van der Waals surface area (Å²) in [5.74, 6) is 0.358. The van der Waals surface area contributed by atoms with E-state index in [1.165, 1.54) is 0 Å². The Balaban J connectivity index is 1.68. The lowest BCUT2D eigenvalue weighted by Crippen LogP contribution is -2.33. The maximum absolute atomic E-state index is 12.1. The van der Waals surface area contributed by atoms with Crippen molar-refractivity contribution < 1.29 is 14.3 Å². The lowest BCUT2D eigenvalue weighted by molar-refractivity contribution is -0.124. The van der Waals surface area contributed by atoms with Gasteiger partial charge in [-0.1, -0.05) is 39.7 Å². The van der Waals surface area contributed by atoms with E-state index in [9.17, 15) is 9.59 Å². The summed E-state index contributed by atoms with van der Waals surface area (Å²) in [5, 5.41) is 5.52. The molecule has 5 nitrogen and oxygen atoms in total. The maximum Gasteiger partial charge on any atom is 0.243 e. The predicted molar refractivity (Wildman–Crippen MR) is 111 cm³/mol. The van der Waals surface area contributed by atoms with E-state index < -0.39 is 0 Å². The number of carbonyl (C=O) groups is 2. The van der Waals surface area contributed by atoms with Crippen LogP contribution in [0, 0.1) is 20.8 Å². The Hall–Kier alpha value is -2.34. The van der Waals surface area contributed by atoms with Gasteiger partial charge in [0.25, 0.3) is 0 Å². The average Bonchev–Trinajstić information content (AvgIpc) is 2.60.